The van der Waals surface area contributed by atoms with Crippen molar-refractivity contribution in [1.29, 1.82) is 0 Å². The van der Waals surface area contributed by atoms with Gasteiger partial charge in [0.15, 0.2) is 11.8 Å². The predicted octanol–water partition coefficient (Wildman–Crippen LogP) is 4.64. The van der Waals surface area contributed by atoms with Crippen LogP contribution in [0.2, 0.25) is 15.1 Å². The molecule has 27 heavy (non-hydrogen) atoms. The molecule has 1 aliphatic rings. The van der Waals surface area contributed by atoms with Crippen molar-refractivity contribution < 1.29 is 19.4 Å². The number of hydrogen-bond acceptors (Lipinski definition) is 4. The lowest BCUT2D eigenvalue weighted by Crippen LogP contribution is -2.33. The molecule has 0 saturated carbocycles. The fourth-order valence-electron chi connectivity index (χ4n) is 2.64. The fourth-order valence-corrected chi connectivity index (χ4v) is 3.31. The Morgan fingerprint density at radius 2 is 1.70 bits per heavy atom. The van der Waals surface area contributed by atoms with Crippen molar-refractivity contribution in [1.82, 2.24) is 5.32 Å². The Morgan fingerprint density at radius 3 is 2.30 bits per heavy atom. The highest BCUT2D eigenvalue weighted by atomic mass is 35.5. The molecule has 1 heterocycles. The lowest BCUT2D eigenvalue weighted by atomic mass is 10.1. The quantitative estimate of drug-likeness (QED) is 0.681. The summed E-state index contributed by atoms with van der Waals surface area (Å²) in [7, 11) is 0. The summed E-state index contributed by atoms with van der Waals surface area (Å²) < 4.78 is 5.52. The van der Waals surface area contributed by atoms with Gasteiger partial charge in [-0.05, 0) is 48.0 Å². The van der Waals surface area contributed by atoms with Crippen LogP contribution < -0.4 is 5.32 Å². The molecule has 0 aliphatic carbocycles. The molecule has 2 atom stereocenters. The number of nitrogens with one attached hydrogen (secondary N) is 1. The van der Waals surface area contributed by atoms with Crippen LogP contribution in [0.15, 0.2) is 47.5 Å². The van der Waals surface area contributed by atoms with E-state index in [1.807, 2.05) is 0 Å². The van der Waals surface area contributed by atoms with E-state index in [0.29, 0.717) is 26.2 Å². The van der Waals surface area contributed by atoms with Gasteiger partial charge in [-0.15, -0.1) is 0 Å². The van der Waals surface area contributed by atoms with Crippen molar-refractivity contribution >= 4 is 52.6 Å². The molecule has 2 N–H and O–H groups in total. The summed E-state index contributed by atoms with van der Waals surface area (Å²) in [5.74, 6) is -0.178. The lowest BCUT2D eigenvalue weighted by Gasteiger charge is -2.17. The summed E-state index contributed by atoms with van der Waals surface area (Å²) in [5.41, 5.74) is 0.889. The number of halogens is 3. The number of aliphatic imine (C=N–C) groups is 1. The van der Waals surface area contributed by atoms with Crippen LogP contribution in [0.3, 0.4) is 0 Å². The van der Waals surface area contributed by atoms with E-state index >= 15 is 0 Å². The van der Waals surface area contributed by atoms with Crippen LogP contribution in [0.1, 0.15) is 22.0 Å². The first kappa shape index (κ1) is 19.5. The van der Waals surface area contributed by atoms with E-state index in [0.717, 1.165) is 0 Å². The van der Waals surface area contributed by atoms with E-state index in [1.54, 1.807) is 36.4 Å². The zero-order chi connectivity index (χ0) is 19.6. The summed E-state index contributed by atoms with van der Waals surface area (Å²) in [5, 5.41) is 12.7. The molecule has 0 aromatic heterocycles. The fraction of sp³-hybridized carbons (Fsp3) is 0.167. The largest absolute Gasteiger partial charge is 0.476 e. The first-order valence-corrected chi connectivity index (χ1v) is 8.92. The van der Waals surface area contributed by atoms with Gasteiger partial charge in [0, 0.05) is 20.6 Å². The zero-order valence-electron chi connectivity index (χ0n) is 13.7. The summed E-state index contributed by atoms with van der Waals surface area (Å²) in [4.78, 5) is 28.1. The molecule has 2 aromatic rings. The number of carbonyl (C=O) groups excluding carboxylic acids is 1. The van der Waals surface area contributed by atoms with Crippen LogP contribution in [0.4, 0.5) is 4.79 Å². The third kappa shape index (κ3) is 4.71. The van der Waals surface area contributed by atoms with Crippen LogP contribution in [0.5, 0.6) is 0 Å². The Hall–Kier alpha value is -2.28. The van der Waals surface area contributed by atoms with Crippen molar-refractivity contribution in [2.45, 2.75) is 12.1 Å². The summed E-state index contributed by atoms with van der Waals surface area (Å²) in [6, 6.07) is 9.31. The van der Waals surface area contributed by atoms with Gasteiger partial charge < -0.3 is 15.2 Å². The standard InChI is InChI=1S/C18H13Cl3N2O4/c19-11-3-1-9(2-4-11)16(24)14-8-27-17(22-14)15(23-18(25)26)10-5-12(20)7-13(21)6-10/h1-7,14-15,23H,8H2,(H,25,26). The minimum absolute atomic E-state index is 0.00287. The summed E-state index contributed by atoms with van der Waals surface area (Å²) >= 11 is 17.8. The molecule has 0 radical (unpaired) electrons. The number of amides is 1. The Balaban J connectivity index is 1.89. The first-order valence-electron chi connectivity index (χ1n) is 7.79. The van der Waals surface area contributed by atoms with Gasteiger partial charge in [-0.2, -0.15) is 0 Å². The number of carbonyl (C=O) groups is 2. The number of ether oxygens (including phenoxy) is 1. The highest BCUT2D eigenvalue weighted by Crippen LogP contribution is 2.27. The van der Waals surface area contributed by atoms with Gasteiger partial charge in [-0.1, -0.05) is 34.8 Å². The molecule has 3 rings (SSSR count). The average molecular weight is 428 g/mol. The first-order chi connectivity index (χ1) is 12.8. The SMILES string of the molecule is O=C(O)NC(C1=NC(C(=O)c2ccc(Cl)cc2)CO1)c1cc(Cl)cc(Cl)c1. The molecule has 2 aromatic carbocycles. The van der Waals surface area contributed by atoms with Crippen LogP contribution in [-0.4, -0.2) is 35.5 Å². The highest BCUT2D eigenvalue weighted by molar-refractivity contribution is 6.34. The number of rotatable bonds is 5. The molecule has 1 aliphatic heterocycles. The van der Waals surface area contributed by atoms with Gasteiger partial charge in [0.1, 0.15) is 12.6 Å². The second-order valence-electron chi connectivity index (χ2n) is 5.75. The summed E-state index contributed by atoms with van der Waals surface area (Å²) in [6.45, 7) is 0.00287. The highest BCUT2D eigenvalue weighted by Gasteiger charge is 2.32. The van der Waals surface area contributed by atoms with E-state index < -0.39 is 18.2 Å². The van der Waals surface area contributed by atoms with Crippen LogP contribution in [0, 0.1) is 0 Å². The molecule has 9 heteroatoms. The molecule has 0 bridgehead atoms. The Morgan fingerprint density at radius 1 is 1.07 bits per heavy atom. The summed E-state index contributed by atoms with van der Waals surface area (Å²) in [6.07, 6.45) is -1.28. The smallest absolute Gasteiger partial charge is 0.405 e. The third-order valence-corrected chi connectivity index (χ3v) is 4.52. The van der Waals surface area contributed by atoms with Gasteiger partial charge in [0.2, 0.25) is 5.90 Å². The molecular formula is C18H13Cl3N2O4. The molecular weight excluding hydrogens is 415 g/mol. The van der Waals surface area contributed by atoms with Crippen LogP contribution >= 0.6 is 34.8 Å². The van der Waals surface area contributed by atoms with Crippen molar-refractivity contribution in [2.75, 3.05) is 6.61 Å². The zero-order valence-corrected chi connectivity index (χ0v) is 15.9. The van der Waals surface area contributed by atoms with Crippen molar-refractivity contribution in [3.63, 3.8) is 0 Å². The van der Waals surface area contributed by atoms with Crippen molar-refractivity contribution in [2.24, 2.45) is 4.99 Å². The monoisotopic (exact) mass is 426 g/mol. The topological polar surface area (TPSA) is 88.0 Å². The van der Waals surface area contributed by atoms with E-state index in [-0.39, 0.29) is 18.3 Å². The Kier molecular flexibility index (Phi) is 5.89. The van der Waals surface area contributed by atoms with Gasteiger partial charge in [0.05, 0.1) is 0 Å². The molecule has 1 amide bonds. The number of ketones is 1. The van der Waals surface area contributed by atoms with Gasteiger partial charge in [-0.25, -0.2) is 9.79 Å². The third-order valence-electron chi connectivity index (χ3n) is 3.84. The molecule has 6 nitrogen and oxygen atoms in total. The maximum atomic E-state index is 12.6. The van der Waals surface area contributed by atoms with E-state index in [4.69, 9.17) is 44.6 Å². The maximum absolute atomic E-state index is 12.6. The van der Waals surface area contributed by atoms with Gasteiger partial charge in [0.25, 0.3) is 0 Å². The molecule has 2 unspecified atom stereocenters. The normalized spacial score (nSPS) is 17.0. The second kappa shape index (κ2) is 8.17. The van der Waals surface area contributed by atoms with E-state index in [1.165, 1.54) is 6.07 Å². The number of Topliss-reactive ketones (excluding diaryl/α,β-unsaturated/α-hetero) is 1. The van der Waals surface area contributed by atoms with E-state index in [2.05, 4.69) is 10.3 Å². The predicted molar refractivity (Wildman–Crippen MR) is 103 cm³/mol. The maximum Gasteiger partial charge on any atom is 0.405 e. The van der Waals surface area contributed by atoms with Gasteiger partial charge in [-0.3, -0.25) is 4.79 Å². The molecule has 0 spiro atoms. The van der Waals surface area contributed by atoms with Crippen LogP contribution in [-0.2, 0) is 4.74 Å². The number of hydrogen-bond donors (Lipinski definition) is 2. The second-order valence-corrected chi connectivity index (χ2v) is 7.06. The number of nitrogens with zero attached hydrogens (tertiary/aromatic N) is 1. The van der Waals surface area contributed by atoms with Crippen molar-refractivity contribution in [3.05, 3.63) is 68.7 Å². The Labute approximate surface area is 169 Å². The van der Waals surface area contributed by atoms with Crippen LogP contribution in [0.25, 0.3) is 0 Å². The Bertz CT molecular complexity index is 895. The molecule has 140 valence electrons. The van der Waals surface area contributed by atoms with Gasteiger partial charge >= 0.3 is 6.09 Å². The van der Waals surface area contributed by atoms with E-state index in [9.17, 15) is 9.59 Å². The number of benzene rings is 2. The van der Waals surface area contributed by atoms with Crippen molar-refractivity contribution in [3.8, 4) is 0 Å². The molecule has 0 fully saturated rings. The minimum Gasteiger partial charge on any atom is -0.476 e. The average Bonchev–Trinajstić information content (AvgIpc) is 3.08. The molecule has 0 saturated heterocycles. The number of carboxylic acid groups (broad SMARTS) is 1. The lowest BCUT2D eigenvalue weighted by molar-refractivity contribution is 0.0947. The minimum atomic E-state index is -1.28.